The van der Waals surface area contributed by atoms with Gasteiger partial charge < -0.3 is 28.3 Å². The second-order valence-electron chi connectivity index (χ2n) is 7.74. The van der Waals surface area contributed by atoms with E-state index in [1.165, 1.54) is 0 Å². The van der Waals surface area contributed by atoms with Gasteiger partial charge in [0.25, 0.3) is 5.91 Å². The summed E-state index contributed by atoms with van der Waals surface area (Å²) in [6, 6.07) is 9.43. The molecule has 1 saturated heterocycles. The molecule has 31 heavy (non-hydrogen) atoms. The van der Waals surface area contributed by atoms with Gasteiger partial charge in [0, 0.05) is 57.8 Å². The first-order valence-corrected chi connectivity index (χ1v) is 10.3. The van der Waals surface area contributed by atoms with Crippen molar-refractivity contribution in [1.29, 1.82) is 0 Å². The Morgan fingerprint density at radius 1 is 0.935 bits per heavy atom. The Morgan fingerprint density at radius 2 is 1.55 bits per heavy atom. The molecule has 0 aliphatic carbocycles. The summed E-state index contributed by atoms with van der Waals surface area (Å²) in [6.07, 6.45) is 0. The van der Waals surface area contributed by atoms with Gasteiger partial charge in [-0.05, 0) is 24.6 Å². The van der Waals surface area contributed by atoms with Crippen molar-refractivity contribution in [2.45, 2.75) is 20.4 Å². The first-order chi connectivity index (χ1) is 14.9. The van der Waals surface area contributed by atoms with Gasteiger partial charge in [0.15, 0.2) is 5.58 Å². The van der Waals surface area contributed by atoms with E-state index >= 15 is 0 Å². The number of rotatable bonds is 5. The zero-order valence-corrected chi connectivity index (χ0v) is 18.3. The van der Waals surface area contributed by atoms with Crippen molar-refractivity contribution < 1.29 is 23.5 Å². The zero-order valence-electron chi connectivity index (χ0n) is 18.3. The van der Waals surface area contributed by atoms with E-state index in [1.807, 2.05) is 35.8 Å². The first-order valence-electron chi connectivity index (χ1n) is 10.3. The predicted molar refractivity (Wildman–Crippen MR) is 116 cm³/mol. The second-order valence-corrected chi connectivity index (χ2v) is 7.74. The Balaban J connectivity index is 1.68. The number of hydrogen-bond acceptors (Lipinski definition) is 5. The highest BCUT2D eigenvalue weighted by molar-refractivity contribution is 5.98. The van der Waals surface area contributed by atoms with Crippen LogP contribution in [0.15, 0.2) is 34.7 Å². The van der Waals surface area contributed by atoms with Crippen molar-refractivity contribution in [3.8, 4) is 11.5 Å². The molecule has 3 heterocycles. The fraction of sp³-hybridized carbons (Fsp3) is 0.391. The molecule has 1 aliphatic rings. The lowest BCUT2D eigenvalue weighted by Crippen LogP contribution is -2.50. The van der Waals surface area contributed by atoms with Crippen LogP contribution in [0.3, 0.4) is 0 Å². The molecule has 4 rings (SSSR count). The Morgan fingerprint density at radius 3 is 2.13 bits per heavy atom. The number of aryl methyl sites for hydroxylation is 1. The molecule has 0 N–H and O–H groups in total. The lowest BCUT2D eigenvalue weighted by atomic mass is 10.2. The van der Waals surface area contributed by atoms with Gasteiger partial charge in [-0.1, -0.05) is 0 Å². The number of fused-ring (bicyclic) bond motifs is 1. The normalized spacial score (nSPS) is 14.2. The van der Waals surface area contributed by atoms with Crippen molar-refractivity contribution in [3.05, 3.63) is 47.3 Å². The number of amides is 2. The third-order valence-electron chi connectivity index (χ3n) is 5.70. The number of ether oxygens (including phenoxy) is 2. The second kappa shape index (κ2) is 8.37. The third kappa shape index (κ3) is 4.10. The predicted octanol–water partition coefficient (Wildman–Crippen LogP) is 2.91. The number of nitrogens with zero attached hydrogens (tertiary/aromatic N) is 3. The van der Waals surface area contributed by atoms with Crippen LogP contribution in [0.1, 0.15) is 28.7 Å². The summed E-state index contributed by atoms with van der Waals surface area (Å²) in [5.74, 6) is 2.14. The maximum absolute atomic E-state index is 13.4. The van der Waals surface area contributed by atoms with Crippen LogP contribution in [0, 0.1) is 6.92 Å². The summed E-state index contributed by atoms with van der Waals surface area (Å²) in [4.78, 5) is 28.6. The van der Waals surface area contributed by atoms with E-state index in [4.69, 9.17) is 13.9 Å². The maximum Gasteiger partial charge on any atom is 0.270 e. The fourth-order valence-electron chi connectivity index (χ4n) is 4.04. The summed E-state index contributed by atoms with van der Waals surface area (Å²) >= 11 is 0. The van der Waals surface area contributed by atoms with Gasteiger partial charge in [0.2, 0.25) is 5.91 Å². The minimum absolute atomic E-state index is 0.0374. The van der Waals surface area contributed by atoms with Crippen LogP contribution in [-0.4, -0.2) is 66.6 Å². The van der Waals surface area contributed by atoms with Crippen LogP contribution in [-0.2, 0) is 11.3 Å². The monoisotopic (exact) mass is 425 g/mol. The highest BCUT2D eigenvalue weighted by Crippen LogP contribution is 2.28. The quantitative estimate of drug-likeness (QED) is 0.628. The number of aromatic nitrogens is 1. The van der Waals surface area contributed by atoms with Crippen molar-refractivity contribution in [3.63, 3.8) is 0 Å². The van der Waals surface area contributed by atoms with Gasteiger partial charge >= 0.3 is 0 Å². The largest absolute Gasteiger partial charge is 0.497 e. The van der Waals surface area contributed by atoms with E-state index in [9.17, 15) is 9.59 Å². The number of piperazine rings is 1. The molecule has 8 nitrogen and oxygen atoms in total. The van der Waals surface area contributed by atoms with Crippen LogP contribution < -0.4 is 9.47 Å². The van der Waals surface area contributed by atoms with Gasteiger partial charge in [-0.3, -0.25) is 9.59 Å². The van der Waals surface area contributed by atoms with Crippen LogP contribution >= 0.6 is 0 Å². The van der Waals surface area contributed by atoms with E-state index in [2.05, 4.69) is 0 Å². The molecule has 2 aromatic heterocycles. The van der Waals surface area contributed by atoms with Gasteiger partial charge in [0.1, 0.15) is 23.0 Å². The highest BCUT2D eigenvalue weighted by atomic mass is 16.5. The standard InChI is InChI=1S/C23H27N3O5/c1-15-9-20-22(31-15)13-21(23(28)25-7-5-24(6-8-25)16(2)27)26(20)14-17-10-18(29-3)12-19(11-17)30-4/h9-13H,5-8,14H2,1-4H3. The van der Waals surface area contributed by atoms with Crippen LogP contribution in [0.4, 0.5) is 0 Å². The van der Waals surface area contributed by atoms with Gasteiger partial charge in [0.05, 0.1) is 19.7 Å². The lowest BCUT2D eigenvalue weighted by Gasteiger charge is -2.34. The smallest absolute Gasteiger partial charge is 0.270 e. The number of benzene rings is 1. The Hall–Kier alpha value is -3.42. The number of carbonyl (C=O) groups excluding carboxylic acids is 2. The van der Waals surface area contributed by atoms with Gasteiger partial charge in [-0.25, -0.2) is 0 Å². The zero-order chi connectivity index (χ0) is 22.1. The molecule has 8 heteroatoms. The van der Waals surface area contributed by atoms with Crippen molar-refractivity contribution in [2.75, 3.05) is 40.4 Å². The summed E-state index contributed by atoms with van der Waals surface area (Å²) in [5, 5.41) is 0. The minimum Gasteiger partial charge on any atom is -0.497 e. The molecule has 0 radical (unpaired) electrons. The molecule has 0 spiro atoms. The third-order valence-corrected chi connectivity index (χ3v) is 5.70. The molecule has 1 fully saturated rings. The molecule has 1 aromatic carbocycles. The van der Waals surface area contributed by atoms with E-state index < -0.39 is 0 Å². The molecule has 1 aliphatic heterocycles. The number of methoxy groups -OCH3 is 2. The molecule has 164 valence electrons. The van der Waals surface area contributed by atoms with Gasteiger partial charge in [-0.15, -0.1) is 0 Å². The van der Waals surface area contributed by atoms with E-state index in [0.29, 0.717) is 55.5 Å². The number of carbonyl (C=O) groups is 2. The Kier molecular flexibility index (Phi) is 5.63. The van der Waals surface area contributed by atoms with Crippen molar-refractivity contribution in [1.82, 2.24) is 14.4 Å². The van der Waals surface area contributed by atoms with Crippen LogP contribution in [0.2, 0.25) is 0 Å². The highest BCUT2D eigenvalue weighted by Gasteiger charge is 2.27. The first kappa shape index (κ1) is 20.8. The van der Waals surface area contributed by atoms with E-state index in [-0.39, 0.29) is 11.8 Å². The molecule has 0 unspecified atom stereocenters. The maximum atomic E-state index is 13.4. The van der Waals surface area contributed by atoms with Crippen molar-refractivity contribution in [2.24, 2.45) is 0 Å². The summed E-state index contributed by atoms with van der Waals surface area (Å²) < 4.78 is 18.6. The summed E-state index contributed by atoms with van der Waals surface area (Å²) in [7, 11) is 3.23. The van der Waals surface area contributed by atoms with Crippen molar-refractivity contribution >= 4 is 22.9 Å². The molecule has 0 atom stereocenters. The SMILES string of the molecule is COc1cc(Cn2c(C(=O)N3CCN(C(C)=O)CC3)cc3oc(C)cc32)cc(OC)c1. The van der Waals surface area contributed by atoms with E-state index in [1.54, 1.807) is 37.0 Å². The topological polar surface area (TPSA) is 77.2 Å². The Labute approximate surface area is 180 Å². The summed E-state index contributed by atoms with van der Waals surface area (Å²) in [5.41, 5.74) is 3.05. The Bertz CT molecular complexity index is 1100. The van der Waals surface area contributed by atoms with Crippen LogP contribution in [0.25, 0.3) is 11.1 Å². The number of hydrogen-bond donors (Lipinski definition) is 0. The minimum atomic E-state index is -0.0675. The molecular weight excluding hydrogens is 398 g/mol. The average molecular weight is 425 g/mol. The molecular formula is C23H27N3O5. The van der Waals surface area contributed by atoms with Gasteiger partial charge in [-0.2, -0.15) is 0 Å². The van der Waals surface area contributed by atoms with Crippen LogP contribution in [0.5, 0.6) is 11.5 Å². The molecule has 3 aromatic rings. The molecule has 0 saturated carbocycles. The number of furan rings is 1. The molecule has 0 bridgehead atoms. The summed E-state index contributed by atoms with van der Waals surface area (Å²) in [6.45, 7) is 6.02. The van der Waals surface area contributed by atoms with E-state index in [0.717, 1.165) is 16.8 Å². The molecule has 2 amide bonds. The fourth-order valence-corrected chi connectivity index (χ4v) is 4.04. The average Bonchev–Trinajstić information content (AvgIpc) is 3.29. The lowest BCUT2D eigenvalue weighted by molar-refractivity contribution is -0.130.